The lowest BCUT2D eigenvalue weighted by molar-refractivity contribution is -0.137. The number of rotatable bonds is 4. The van der Waals surface area contributed by atoms with Gasteiger partial charge in [0.15, 0.2) is 11.6 Å². The van der Waals surface area contributed by atoms with Crippen LogP contribution >= 0.6 is 11.6 Å². The topological polar surface area (TPSA) is 52.6 Å². The van der Waals surface area contributed by atoms with Gasteiger partial charge in [-0.2, -0.15) is 0 Å². The molecule has 18 heavy (non-hydrogen) atoms. The van der Waals surface area contributed by atoms with Gasteiger partial charge < -0.3 is 9.47 Å². The van der Waals surface area contributed by atoms with Crippen LogP contribution in [0.4, 0.5) is 4.39 Å². The smallest absolute Gasteiger partial charge is 0.379 e. The van der Waals surface area contributed by atoms with Crippen LogP contribution in [0.15, 0.2) is 6.07 Å². The first-order valence-corrected chi connectivity index (χ1v) is 5.55. The highest BCUT2D eigenvalue weighted by atomic mass is 35.5. The predicted octanol–water partition coefficient (Wildman–Crippen LogP) is 2.54. The van der Waals surface area contributed by atoms with Crippen molar-refractivity contribution in [2.45, 2.75) is 13.8 Å². The molecule has 0 spiro atoms. The first-order chi connectivity index (χ1) is 8.43. The molecule has 0 fully saturated rings. The number of hydrogen-bond acceptors (Lipinski definition) is 4. The van der Waals surface area contributed by atoms with Crippen LogP contribution in [-0.2, 0) is 9.53 Å². The Bertz CT molecular complexity index is 499. The summed E-state index contributed by atoms with van der Waals surface area (Å²) in [6.45, 7) is 3.16. The third-order valence-corrected chi connectivity index (χ3v) is 2.72. The molecule has 98 valence electrons. The molecule has 0 radical (unpaired) electrons. The van der Waals surface area contributed by atoms with Crippen molar-refractivity contribution in [3.8, 4) is 5.75 Å². The standard InChI is InChI=1S/C12H12ClFO4/c1-4-18-12(16)10(15)7-5-6(2)8(13)11(17-3)9(7)14/h5H,4H2,1-3H3. The predicted molar refractivity (Wildman–Crippen MR) is 63.7 cm³/mol. The van der Waals surface area contributed by atoms with Gasteiger partial charge in [-0.15, -0.1) is 0 Å². The van der Waals surface area contributed by atoms with Crippen LogP contribution in [0.5, 0.6) is 5.75 Å². The SMILES string of the molecule is CCOC(=O)C(=O)c1cc(C)c(Cl)c(OC)c1F. The van der Waals surface area contributed by atoms with E-state index in [4.69, 9.17) is 16.3 Å². The molecule has 0 atom stereocenters. The van der Waals surface area contributed by atoms with E-state index < -0.39 is 23.1 Å². The summed E-state index contributed by atoms with van der Waals surface area (Å²) < 4.78 is 23.2. The zero-order valence-corrected chi connectivity index (χ0v) is 10.9. The zero-order chi connectivity index (χ0) is 13.9. The number of methoxy groups -OCH3 is 1. The summed E-state index contributed by atoms with van der Waals surface area (Å²) in [5.74, 6) is -3.40. The van der Waals surface area contributed by atoms with Gasteiger partial charge in [-0.25, -0.2) is 9.18 Å². The van der Waals surface area contributed by atoms with Crippen molar-refractivity contribution in [1.82, 2.24) is 0 Å². The Hall–Kier alpha value is -1.62. The van der Waals surface area contributed by atoms with Crippen LogP contribution in [0.1, 0.15) is 22.8 Å². The molecule has 0 aliphatic rings. The summed E-state index contributed by atoms with van der Waals surface area (Å²) in [4.78, 5) is 23.0. The number of hydrogen-bond donors (Lipinski definition) is 0. The van der Waals surface area contributed by atoms with Crippen molar-refractivity contribution in [3.05, 3.63) is 28.0 Å². The van der Waals surface area contributed by atoms with Crippen molar-refractivity contribution in [2.75, 3.05) is 13.7 Å². The monoisotopic (exact) mass is 274 g/mol. The molecule has 0 N–H and O–H groups in total. The number of carbonyl (C=O) groups is 2. The summed E-state index contributed by atoms with van der Waals surface area (Å²) in [5.41, 5.74) is 0.0229. The van der Waals surface area contributed by atoms with Crippen LogP contribution in [0.3, 0.4) is 0 Å². The number of Topliss-reactive ketones (excluding diaryl/α,β-unsaturated/α-hetero) is 1. The lowest BCUT2D eigenvalue weighted by atomic mass is 10.1. The Balaban J connectivity index is 3.30. The number of aryl methyl sites for hydroxylation is 1. The zero-order valence-electron chi connectivity index (χ0n) is 10.2. The van der Waals surface area contributed by atoms with E-state index in [0.29, 0.717) is 5.56 Å². The van der Waals surface area contributed by atoms with Crippen LogP contribution in [0.25, 0.3) is 0 Å². The van der Waals surface area contributed by atoms with E-state index in [-0.39, 0.29) is 17.4 Å². The van der Waals surface area contributed by atoms with Gasteiger partial charge in [-0.1, -0.05) is 11.6 Å². The molecule has 0 aromatic heterocycles. The third-order valence-electron chi connectivity index (χ3n) is 2.25. The molecule has 0 saturated heterocycles. The molecule has 1 rings (SSSR count). The molecule has 4 nitrogen and oxygen atoms in total. The van der Waals surface area contributed by atoms with E-state index in [1.54, 1.807) is 13.8 Å². The normalized spacial score (nSPS) is 10.1. The molecule has 0 saturated carbocycles. The van der Waals surface area contributed by atoms with E-state index in [9.17, 15) is 14.0 Å². The fourth-order valence-electron chi connectivity index (χ4n) is 1.39. The van der Waals surface area contributed by atoms with Gasteiger partial charge in [0.05, 0.1) is 24.3 Å². The number of benzene rings is 1. The molecule has 0 unspecified atom stereocenters. The van der Waals surface area contributed by atoms with Crippen molar-refractivity contribution in [3.63, 3.8) is 0 Å². The first-order valence-electron chi connectivity index (χ1n) is 5.18. The lowest BCUT2D eigenvalue weighted by Crippen LogP contribution is -2.19. The van der Waals surface area contributed by atoms with E-state index >= 15 is 0 Å². The lowest BCUT2D eigenvalue weighted by Gasteiger charge is -2.10. The van der Waals surface area contributed by atoms with Gasteiger partial charge in [0.1, 0.15) is 0 Å². The molecule has 1 aromatic carbocycles. The second-order valence-corrected chi connectivity index (χ2v) is 3.83. The highest BCUT2D eigenvalue weighted by molar-refractivity contribution is 6.41. The maximum absolute atomic E-state index is 13.9. The summed E-state index contributed by atoms with van der Waals surface area (Å²) >= 11 is 5.82. The highest BCUT2D eigenvalue weighted by Crippen LogP contribution is 2.33. The Morgan fingerprint density at radius 1 is 1.44 bits per heavy atom. The number of carbonyl (C=O) groups excluding carboxylic acids is 2. The van der Waals surface area contributed by atoms with Crippen LogP contribution in [0.2, 0.25) is 5.02 Å². The Labute approximate surface area is 109 Å². The van der Waals surface area contributed by atoms with Gasteiger partial charge in [-0.3, -0.25) is 4.79 Å². The molecule has 6 heteroatoms. The average molecular weight is 275 g/mol. The average Bonchev–Trinajstić information content (AvgIpc) is 2.34. The highest BCUT2D eigenvalue weighted by Gasteiger charge is 2.26. The van der Waals surface area contributed by atoms with E-state index in [1.165, 1.54) is 13.2 Å². The van der Waals surface area contributed by atoms with E-state index in [0.717, 1.165) is 0 Å². The molecular weight excluding hydrogens is 263 g/mol. The fourth-order valence-corrected chi connectivity index (χ4v) is 1.61. The molecule has 0 heterocycles. The van der Waals surface area contributed by atoms with Gasteiger partial charge in [0.2, 0.25) is 0 Å². The van der Waals surface area contributed by atoms with E-state index in [1.807, 2.05) is 0 Å². The minimum absolute atomic E-state index is 0.0376. The third kappa shape index (κ3) is 2.61. The summed E-state index contributed by atoms with van der Waals surface area (Å²) in [6, 6.07) is 1.19. The van der Waals surface area contributed by atoms with Gasteiger partial charge in [0, 0.05) is 0 Å². The molecule has 0 aliphatic carbocycles. The maximum atomic E-state index is 13.9. The number of halogens is 2. The van der Waals surface area contributed by atoms with Crippen LogP contribution < -0.4 is 4.74 Å². The Morgan fingerprint density at radius 2 is 2.06 bits per heavy atom. The largest absolute Gasteiger partial charge is 0.492 e. The minimum atomic E-state index is -1.11. The molecule has 0 bridgehead atoms. The number of ketones is 1. The second kappa shape index (κ2) is 5.82. The van der Waals surface area contributed by atoms with Crippen molar-refractivity contribution in [2.24, 2.45) is 0 Å². The Morgan fingerprint density at radius 3 is 2.56 bits per heavy atom. The van der Waals surface area contributed by atoms with Crippen LogP contribution in [-0.4, -0.2) is 25.5 Å². The fraction of sp³-hybridized carbons (Fsp3) is 0.333. The second-order valence-electron chi connectivity index (χ2n) is 3.45. The quantitative estimate of drug-likeness (QED) is 0.481. The molecule has 0 aliphatic heterocycles. The Kier molecular flexibility index (Phi) is 4.67. The summed E-state index contributed by atoms with van der Waals surface area (Å²) in [7, 11) is 1.22. The molecule has 0 amide bonds. The van der Waals surface area contributed by atoms with Crippen molar-refractivity contribution < 1.29 is 23.5 Å². The van der Waals surface area contributed by atoms with Crippen molar-refractivity contribution >= 4 is 23.4 Å². The number of esters is 1. The molecule has 1 aromatic rings. The van der Waals surface area contributed by atoms with Crippen molar-refractivity contribution in [1.29, 1.82) is 0 Å². The van der Waals surface area contributed by atoms with Gasteiger partial charge >= 0.3 is 5.97 Å². The minimum Gasteiger partial charge on any atom is -0.492 e. The molecular formula is C12H12ClFO4. The van der Waals surface area contributed by atoms with Crippen LogP contribution in [0, 0.1) is 12.7 Å². The summed E-state index contributed by atoms with van der Waals surface area (Å²) in [5, 5.41) is 0.0652. The van der Waals surface area contributed by atoms with Gasteiger partial charge in [-0.05, 0) is 25.5 Å². The van der Waals surface area contributed by atoms with E-state index in [2.05, 4.69) is 4.74 Å². The number of ether oxygens (including phenoxy) is 2. The van der Waals surface area contributed by atoms with Gasteiger partial charge in [0.25, 0.3) is 5.78 Å². The first kappa shape index (κ1) is 14.4. The summed E-state index contributed by atoms with van der Waals surface area (Å²) in [6.07, 6.45) is 0. The maximum Gasteiger partial charge on any atom is 0.379 e.